The maximum atomic E-state index is 11.8. The lowest BCUT2D eigenvalue weighted by Gasteiger charge is -2.04. The Hall–Kier alpha value is -2.21. The highest BCUT2D eigenvalue weighted by Crippen LogP contribution is 2.20. The summed E-state index contributed by atoms with van der Waals surface area (Å²) >= 11 is 1.46. The molecule has 0 saturated heterocycles. The van der Waals surface area contributed by atoms with Crippen molar-refractivity contribution in [1.29, 1.82) is 0 Å². The van der Waals surface area contributed by atoms with Gasteiger partial charge in [-0.1, -0.05) is 0 Å². The second-order valence-corrected chi connectivity index (χ2v) is 6.29. The fourth-order valence-corrected chi connectivity index (χ4v) is 2.55. The third kappa shape index (κ3) is 5.49. The van der Waals surface area contributed by atoms with Crippen molar-refractivity contribution in [2.24, 2.45) is 5.10 Å². The summed E-state index contributed by atoms with van der Waals surface area (Å²) in [5.41, 5.74) is 3.50. The van der Waals surface area contributed by atoms with Crippen molar-refractivity contribution in [2.45, 2.75) is 24.8 Å². The normalized spacial score (nSPS) is 11.1. The van der Waals surface area contributed by atoms with Gasteiger partial charge in [-0.2, -0.15) is 5.10 Å². The predicted molar refractivity (Wildman–Crippen MR) is 94.3 cm³/mol. The van der Waals surface area contributed by atoms with Crippen LogP contribution in [0.15, 0.2) is 52.7 Å². The zero-order valence-electron chi connectivity index (χ0n) is 13.5. The lowest BCUT2D eigenvalue weighted by Crippen LogP contribution is -2.19. The van der Waals surface area contributed by atoms with Crippen LogP contribution in [0, 0.1) is 0 Å². The first kappa shape index (κ1) is 17.1. The predicted octanol–water partition coefficient (Wildman–Crippen LogP) is 3.32. The number of carbonyl (C=O) groups excluding carboxylic acids is 1. The molecule has 1 N–H and O–H groups in total. The molecule has 1 aromatic heterocycles. The van der Waals surface area contributed by atoms with Crippen LogP contribution in [0.5, 0.6) is 5.75 Å². The lowest BCUT2D eigenvalue weighted by molar-refractivity contribution is -0.118. The minimum atomic E-state index is -0.134. The number of aromatic nitrogens is 1. The molecule has 0 atom stereocenters. The number of nitrogens with zero attached hydrogens (tertiary/aromatic N) is 2. The van der Waals surface area contributed by atoms with Crippen LogP contribution in [0.2, 0.25) is 0 Å². The summed E-state index contributed by atoms with van der Waals surface area (Å²) in [6.45, 7) is 4.22. The molecule has 2 rings (SSSR count). The van der Waals surface area contributed by atoms with Crippen molar-refractivity contribution < 1.29 is 9.53 Å². The SMILES string of the molecule is COc1ccc(SCC(=O)N/N=C/c2ccn(C(C)C)c2)cc1. The van der Waals surface area contributed by atoms with Gasteiger partial charge in [-0.3, -0.25) is 4.79 Å². The molecule has 5 nitrogen and oxygen atoms in total. The number of amides is 1. The average Bonchev–Trinajstić information content (AvgIpc) is 3.02. The summed E-state index contributed by atoms with van der Waals surface area (Å²) < 4.78 is 7.18. The van der Waals surface area contributed by atoms with Crippen molar-refractivity contribution >= 4 is 23.9 Å². The van der Waals surface area contributed by atoms with Crippen molar-refractivity contribution in [2.75, 3.05) is 12.9 Å². The van der Waals surface area contributed by atoms with E-state index in [1.54, 1.807) is 13.3 Å². The molecule has 6 heteroatoms. The highest BCUT2D eigenvalue weighted by molar-refractivity contribution is 8.00. The Bertz CT molecular complexity index is 663. The minimum Gasteiger partial charge on any atom is -0.497 e. The number of benzene rings is 1. The maximum absolute atomic E-state index is 11.8. The number of rotatable bonds is 7. The first-order valence-electron chi connectivity index (χ1n) is 7.34. The van der Waals surface area contributed by atoms with E-state index in [0.29, 0.717) is 11.8 Å². The van der Waals surface area contributed by atoms with Crippen molar-refractivity contribution in [3.05, 3.63) is 48.3 Å². The van der Waals surface area contributed by atoms with E-state index < -0.39 is 0 Å². The van der Waals surface area contributed by atoms with Crippen molar-refractivity contribution in [3.8, 4) is 5.75 Å². The molecule has 23 heavy (non-hydrogen) atoms. The van der Waals surface area contributed by atoms with Gasteiger partial charge in [0, 0.05) is 28.9 Å². The van der Waals surface area contributed by atoms with E-state index in [1.165, 1.54) is 11.8 Å². The van der Waals surface area contributed by atoms with Crippen LogP contribution in [-0.2, 0) is 4.79 Å². The summed E-state index contributed by atoms with van der Waals surface area (Å²) in [7, 11) is 1.63. The van der Waals surface area contributed by atoms with E-state index in [0.717, 1.165) is 16.2 Å². The van der Waals surface area contributed by atoms with Crippen LogP contribution < -0.4 is 10.2 Å². The van der Waals surface area contributed by atoms with Gasteiger partial charge >= 0.3 is 0 Å². The second-order valence-electron chi connectivity index (χ2n) is 5.24. The van der Waals surface area contributed by atoms with Crippen LogP contribution in [0.25, 0.3) is 0 Å². The first-order chi connectivity index (χ1) is 11.1. The molecular formula is C17H21N3O2S. The van der Waals surface area contributed by atoms with Gasteiger partial charge in [0.2, 0.25) is 5.91 Å². The molecule has 1 amide bonds. The van der Waals surface area contributed by atoms with E-state index >= 15 is 0 Å². The summed E-state index contributed by atoms with van der Waals surface area (Å²) in [6.07, 6.45) is 5.63. The number of nitrogens with one attached hydrogen (secondary N) is 1. The van der Waals surface area contributed by atoms with Gasteiger partial charge in [0.05, 0.1) is 19.1 Å². The smallest absolute Gasteiger partial charge is 0.250 e. The topological polar surface area (TPSA) is 55.6 Å². The molecule has 0 unspecified atom stereocenters. The van der Waals surface area contributed by atoms with Gasteiger partial charge in [-0.25, -0.2) is 5.43 Å². The van der Waals surface area contributed by atoms with E-state index in [9.17, 15) is 4.79 Å². The summed E-state index contributed by atoms with van der Waals surface area (Å²) in [4.78, 5) is 12.8. The van der Waals surface area contributed by atoms with E-state index in [-0.39, 0.29) is 5.91 Å². The fourth-order valence-electron chi connectivity index (χ4n) is 1.86. The molecule has 1 aromatic carbocycles. The van der Waals surface area contributed by atoms with Crippen molar-refractivity contribution in [1.82, 2.24) is 9.99 Å². The number of hydrogen-bond acceptors (Lipinski definition) is 4. The zero-order chi connectivity index (χ0) is 16.7. The molecule has 0 aliphatic carbocycles. The van der Waals surface area contributed by atoms with Crippen LogP contribution >= 0.6 is 11.8 Å². The molecule has 122 valence electrons. The molecule has 0 radical (unpaired) electrons. The number of hydrazone groups is 1. The Morgan fingerprint density at radius 3 is 2.70 bits per heavy atom. The minimum absolute atomic E-state index is 0.134. The molecular weight excluding hydrogens is 310 g/mol. The van der Waals surface area contributed by atoms with Crippen LogP contribution in [0.1, 0.15) is 25.5 Å². The first-order valence-corrected chi connectivity index (χ1v) is 8.33. The van der Waals surface area contributed by atoms with Crippen LogP contribution in [-0.4, -0.2) is 29.6 Å². The molecule has 0 aliphatic rings. The van der Waals surface area contributed by atoms with Gasteiger partial charge in [0.25, 0.3) is 0 Å². The second kappa shape index (κ2) is 8.43. The Balaban J connectivity index is 1.76. The van der Waals surface area contributed by atoms with Crippen LogP contribution in [0.4, 0.5) is 0 Å². The van der Waals surface area contributed by atoms with Gasteiger partial charge in [0.15, 0.2) is 0 Å². The number of methoxy groups -OCH3 is 1. The molecule has 0 aliphatic heterocycles. The quantitative estimate of drug-likeness (QED) is 0.481. The van der Waals surface area contributed by atoms with E-state index in [4.69, 9.17) is 4.74 Å². The standard InChI is InChI=1S/C17H21N3O2S/c1-13(2)20-9-8-14(11-20)10-18-19-17(21)12-23-16-6-4-15(22-3)5-7-16/h4-11,13H,12H2,1-3H3,(H,19,21)/b18-10+. The van der Waals surface area contributed by atoms with Gasteiger partial charge in [-0.15, -0.1) is 11.8 Å². The van der Waals surface area contributed by atoms with Gasteiger partial charge < -0.3 is 9.30 Å². The van der Waals surface area contributed by atoms with Crippen molar-refractivity contribution in [3.63, 3.8) is 0 Å². The third-order valence-corrected chi connectivity index (χ3v) is 4.18. The number of carbonyl (C=O) groups is 1. The van der Waals surface area contributed by atoms with E-state index in [2.05, 4.69) is 28.9 Å². The van der Waals surface area contributed by atoms with Crippen LogP contribution in [0.3, 0.4) is 0 Å². The monoisotopic (exact) mass is 331 g/mol. The Kier molecular flexibility index (Phi) is 6.29. The third-order valence-electron chi connectivity index (χ3n) is 3.17. The fraction of sp³-hybridized carbons (Fsp3) is 0.294. The van der Waals surface area contributed by atoms with Gasteiger partial charge in [0.1, 0.15) is 5.75 Å². The number of hydrogen-bond donors (Lipinski definition) is 1. The maximum Gasteiger partial charge on any atom is 0.250 e. The van der Waals surface area contributed by atoms with Gasteiger partial charge in [-0.05, 0) is 44.2 Å². The lowest BCUT2D eigenvalue weighted by atomic mass is 10.3. The summed E-state index contributed by atoms with van der Waals surface area (Å²) in [6, 6.07) is 9.97. The summed E-state index contributed by atoms with van der Waals surface area (Å²) in [5.74, 6) is 0.985. The summed E-state index contributed by atoms with van der Waals surface area (Å²) in [5, 5.41) is 3.98. The largest absolute Gasteiger partial charge is 0.497 e. The average molecular weight is 331 g/mol. The highest BCUT2D eigenvalue weighted by atomic mass is 32.2. The molecule has 0 saturated carbocycles. The molecule has 0 spiro atoms. The number of ether oxygens (including phenoxy) is 1. The Morgan fingerprint density at radius 2 is 2.09 bits per heavy atom. The number of thioether (sulfide) groups is 1. The Labute approximate surface area is 140 Å². The molecule has 2 aromatic rings. The Morgan fingerprint density at radius 1 is 1.35 bits per heavy atom. The molecule has 0 bridgehead atoms. The van der Waals surface area contributed by atoms with E-state index in [1.807, 2.05) is 42.7 Å². The highest BCUT2D eigenvalue weighted by Gasteiger charge is 2.02. The molecule has 0 fully saturated rings. The molecule has 1 heterocycles. The zero-order valence-corrected chi connectivity index (χ0v) is 14.3.